The molecule has 3 rings (SSSR count). The fraction of sp³-hybridized carbons (Fsp3) is 0.480. The molecule has 0 aliphatic carbocycles. The van der Waals surface area contributed by atoms with Gasteiger partial charge in [-0.05, 0) is 42.5 Å². The molecule has 1 fully saturated rings. The van der Waals surface area contributed by atoms with Gasteiger partial charge in [0.1, 0.15) is 12.4 Å². The third-order valence-electron chi connectivity index (χ3n) is 5.40. The first-order valence-corrected chi connectivity index (χ1v) is 11.1. The first kappa shape index (κ1) is 26.4. The highest BCUT2D eigenvalue weighted by molar-refractivity contribution is 14.0. The quantitative estimate of drug-likeness (QED) is 0.204. The van der Waals surface area contributed by atoms with Gasteiger partial charge < -0.3 is 24.4 Å². The molecule has 0 aromatic heterocycles. The molecule has 0 bridgehead atoms. The van der Waals surface area contributed by atoms with E-state index < -0.39 is 0 Å². The number of nitrogens with zero attached hydrogens (tertiary/aromatic N) is 2. The van der Waals surface area contributed by atoms with Crippen LogP contribution >= 0.6 is 24.0 Å². The number of halogens is 1. The number of hydrogen-bond acceptors (Lipinski definition) is 4. The first-order valence-electron chi connectivity index (χ1n) is 11.1. The van der Waals surface area contributed by atoms with Crippen LogP contribution in [0.1, 0.15) is 30.4 Å². The molecular formula is C25H36IN3O3. The van der Waals surface area contributed by atoms with Gasteiger partial charge in [0.05, 0.1) is 6.10 Å². The molecule has 0 radical (unpaired) electrons. The van der Waals surface area contributed by atoms with E-state index in [-0.39, 0.29) is 24.0 Å². The van der Waals surface area contributed by atoms with Crippen molar-refractivity contribution in [3.63, 3.8) is 0 Å². The summed E-state index contributed by atoms with van der Waals surface area (Å²) in [6.07, 6.45) is 3.34. The van der Waals surface area contributed by atoms with Crippen LogP contribution in [-0.4, -0.2) is 57.4 Å². The summed E-state index contributed by atoms with van der Waals surface area (Å²) in [6, 6.07) is 18.4. The SMILES string of the molecule is CN=C(NCc1cccc(OCc2ccccc2)c1)N1CCC(OCCCOC)CC1.I. The summed E-state index contributed by atoms with van der Waals surface area (Å²) in [7, 11) is 3.57. The van der Waals surface area contributed by atoms with Crippen molar-refractivity contribution in [2.45, 2.75) is 38.5 Å². The molecule has 0 spiro atoms. The lowest BCUT2D eigenvalue weighted by Crippen LogP contribution is -2.46. The number of rotatable bonds is 10. The van der Waals surface area contributed by atoms with Gasteiger partial charge in [0.25, 0.3) is 0 Å². The van der Waals surface area contributed by atoms with Gasteiger partial charge >= 0.3 is 0 Å². The second kappa shape index (κ2) is 15.1. The number of piperidine rings is 1. The zero-order valence-corrected chi connectivity index (χ0v) is 21.5. The van der Waals surface area contributed by atoms with Gasteiger partial charge in [-0.3, -0.25) is 4.99 Å². The van der Waals surface area contributed by atoms with Crippen LogP contribution in [0.25, 0.3) is 0 Å². The van der Waals surface area contributed by atoms with Gasteiger partial charge in [0.15, 0.2) is 5.96 Å². The fourth-order valence-corrected chi connectivity index (χ4v) is 3.69. The maximum atomic E-state index is 5.96. The van der Waals surface area contributed by atoms with Gasteiger partial charge in [-0.2, -0.15) is 0 Å². The van der Waals surface area contributed by atoms with E-state index in [1.165, 1.54) is 5.56 Å². The van der Waals surface area contributed by atoms with Crippen LogP contribution < -0.4 is 10.1 Å². The lowest BCUT2D eigenvalue weighted by molar-refractivity contribution is 0.00989. The molecule has 0 saturated carbocycles. The molecule has 6 nitrogen and oxygen atoms in total. The molecule has 2 aromatic rings. The third kappa shape index (κ3) is 8.96. The van der Waals surface area contributed by atoms with Gasteiger partial charge in [-0.1, -0.05) is 42.5 Å². The molecule has 1 aliphatic rings. The van der Waals surface area contributed by atoms with Crippen LogP contribution in [0.3, 0.4) is 0 Å². The van der Waals surface area contributed by atoms with E-state index in [2.05, 4.69) is 39.5 Å². The average Bonchev–Trinajstić information content (AvgIpc) is 2.83. The largest absolute Gasteiger partial charge is 0.489 e. The Morgan fingerprint density at radius 1 is 1.03 bits per heavy atom. The summed E-state index contributed by atoms with van der Waals surface area (Å²) in [4.78, 5) is 6.79. The fourth-order valence-electron chi connectivity index (χ4n) is 3.69. The van der Waals surface area contributed by atoms with E-state index in [1.54, 1.807) is 7.11 Å². The molecule has 1 aliphatic heterocycles. The maximum absolute atomic E-state index is 5.96. The van der Waals surface area contributed by atoms with Gasteiger partial charge in [0.2, 0.25) is 0 Å². The lowest BCUT2D eigenvalue weighted by Gasteiger charge is -2.34. The van der Waals surface area contributed by atoms with E-state index >= 15 is 0 Å². The Balaban J connectivity index is 0.00000363. The Kier molecular flexibility index (Phi) is 12.4. The highest BCUT2D eigenvalue weighted by Gasteiger charge is 2.21. The normalized spacial score (nSPS) is 14.7. The summed E-state index contributed by atoms with van der Waals surface area (Å²) in [6.45, 7) is 4.72. The van der Waals surface area contributed by atoms with E-state index in [1.807, 2.05) is 37.4 Å². The number of nitrogens with one attached hydrogen (secondary N) is 1. The molecule has 0 unspecified atom stereocenters. The van der Waals surface area contributed by atoms with Crippen molar-refractivity contribution >= 4 is 29.9 Å². The molecule has 176 valence electrons. The molecule has 1 saturated heterocycles. The van der Waals surface area contributed by atoms with Crippen LogP contribution in [-0.2, 0) is 22.6 Å². The van der Waals surface area contributed by atoms with Crippen molar-refractivity contribution in [1.29, 1.82) is 0 Å². The topological polar surface area (TPSA) is 55.3 Å². The maximum Gasteiger partial charge on any atom is 0.193 e. The number of benzene rings is 2. The van der Waals surface area contributed by atoms with Crippen molar-refractivity contribution < 1.29 is 14.2 Å². The molecule has 2 aromatic carbocycles. The first-order chi connectivity index (χ1) is 15.3. The third-order valence-corrected chi connectivity index (χ3v) is 5.40. The van der Waals surface area contributed by atoms with Crippen molar-refractivity contribution in [3.05, 3.63) is 65.7 Å². The summed E-state index contributed by atoms with van der Waals surface area (Å²) in [5.41, 5.74) is 2.33. The molecular weight excluding hydrogens is 517 g/mol. The Bertz CT molecular complexity index is 796. The smallest absolute Gasteiger partial charge is 0.193 e. The number of guanidine groups is 1. The minimum Gasteiger partial charge on any atom is -0.489 e. The van der Waals surface area contributed by atoms with Crippen molar-refractivity contribution in [2.75, 3.05) is 40.5 Å². The van der Waals surface area contributed by atoms with Crippen molar-refractivity contribution in [3.8, 4) is 5.75 Å². The highest BCUT2D eigenvalue weighted by Crippen LogP contribution is 2.17. The zero-order valence-electron chi connectivity index (χ0n) is 19.2. The predicted molar refractivity (Wildman–Crippen MR) is 140 cm³/mol. The molecule has 0 amide bonds. The lowest BCUT2D eigenvalue weighted by atomic mass is 10.1. The Morgan fingerprint density at radius 2 is 1.78 bits per heavy atom. The van der Waals surface area contributed by atoms with Crippen LogP contribution in [0.4, 0.5) is 0 Å². The molecule has 1 heterocycles. The Labute approximate surface area is 209 Å². The van der Waals surface area contributed by atoms with Crippen LogP contribution in [0, 0.1) is 0 Å². The standard InChI is InChI=1S/C25H35N3O3.HI/c1-26-25(28-14-12-23(13-15-28)30-17-7-16-29-2)27-19-22-10-6-11-24(18-22)31-20-21-8-4-3-5-9-21;/h3-6,8-11,18,23H,7,12-17,19-20H2,1-2H3,(H,26,27);1H. The Morgan fingerprint density at radius 3 is 2.50 bits per heavy atom. The summed E-state index contributed by atoms with van der Waals surface area (Å²) in [5, 5.41) is 3.49. The van der Waals surface area contributed by atoms with E-state index in [9.17, 15) is 0 Å². The summed E-state index contributed by atoms with van der Waals surface area (Å²) >= 11 is 0. The predicted octanol–water partition coefficient (Wildman–Crippen LogP) is 4.48. The van der Waals surface area contributed by atoms with Crippen LogP contribution in [0.2, 0.25) is 0 Å². The van der Waals surface area contributed by atoms with Gasteiger partial charge in [-0.25, -0.2) is 0 Å². The Hall–Kier alpha value is -1.84. The number of aliphatic imine (C=N–C) groups is 1. The second-order valence-corrected chi connectivity index (χ2v) is 7.73. The highest BCUT2D eigenvalue weighted by atomic mass is 127. The van der Waals surface area contributed by atoms with Crippen molar-refractivity contribution in [2.24, 2.45) is 4.99 Å². The number of methoxy groups -OCH3 is 1. The minimum atomic E-state index is 0. The van der Waals surface area contributed by atoms with E-state index in [0.29, 0.717) is 19.3 Å². The number of ether oxygens (including phenoxy) is 3. The molecule has 7 heteroatoms. The number of hydrogen-bond donors (Lipinski definition) is 1. The second-order valence-electron chi connectivity index (χ2n) is 7.73. The van der Waals surface area contributed by atoms with Crippen LogP contribution in [0.5, 0.6) is 5.75 Å². The van der Waals surface area contributed by atoms with Crippen LogP contribution in [0.15, 0.2) is 59.6 Å². The van der Waals surface area contributed by atoms with Gasteiger partial charge in [0, 0.05) is 47.0 Å². The van der Waals surface area contributed by atoms with E-state index in [4.69, 9.17) is 14.2 Å². The van der Waals surface area contributed by atoms with Crippen molar-refractivity contribution in [1.82, 2.24) is 10.2 Å². The molecule has 1 N–H and O–H groups in total. The summed E-state index contributed by atoms with van der Waals surface area (Å²) in [5.74, 6) is 1.82. The van der Waals surface area contributed by atoms with E-state index in [0.717, 1.165) is 62.8 Å². The minimum absolute atomic E-state index is 0. The zero-order chi connectivity index (χ0) is 21.7. The molecule has 32 heavy (non-hydrogen) atoms. The average molecular weight is 553 g/mol. The van der Waals surface area contributed by atoms with Gasteiger partial charge in [-0.15, -0.1) is 24.0 Å². The molecule has 0 atom stereocenters. The summed E-state index contributed by atoms with van der Waals surface area (Å²) < 4.78 is 17.0. The monoisotopic (exact) mass is 553 g/mol. The number of likely N-dealkylation sites (tertiary alicyclic amines) is 1.